The molecular formula is C31H23N7O2. The number of rotatable bonds is 4. The second-order valence-corrected chi connectivity index (χ2v) is 9.20. The lowest BCUT2D eigenvalue weighted by Gasteiger charge is -2.20. The van der Waals surface area contributed by atoms with E-state index in [2.05, 4.69) is 32.1 Å². The molecular weight excluding hydrogens is 502 g/mol. The summed E-state index contributed by atoms with van der Waals surface area (Å²) < 4.78 is 3.22. The molecule has 0 bridgehead atoms. The minimum Gasteiger partial charge on any atom is -0.342 e. The summed E-state index contributed by atoms with van der Waals surface area (Å²) in [6, 6.07) is 17.7. The van der Waals surface area contributed by atoms with E-state index in [-0.39, 0.29) is 11.5 Å². The first-order valence-corrected chi connectivity index (χ1v) is 12.6. The van der Waals surface area contributed by atoms with Crippen LogP contribution in [0, 0.1) is 18.8 Å². The van der Waals surface area contributed by atoms with Crippen molar-refractivity contribution in [1.82, 2.24) is 34.2 Å². The molecule has 1 N–H and O–H groups in total. The minimum atomic E-state index is -0.635. The highest BCUT2D eigenvalue weighted by molar-refractivity contribution is 6.01. The van der Waals surface area contributed by atoms with Crippen LogP contribution in [0.1, 0.15) is 46.0 Å². The second kappa shape index (κ2) is 10.3. The Kier molecular flexibility index (Phi) is 6.34. The number of imidazole rings is 1. The van der Waals surface area contributed by atoms with Gasteiger partial charge in [0, 0.05) is 35.9 Å². The predicted molar refractivity (Wildman–Crippen MR) is 151 cm³/mol. The lowest BCUT2D eigenvalue weighted by molar-refractivity contribution is 0.0938. The van der Waals surface area contributed by atoms with E-state index in [9.17, 15) is 9.59 Å². The van der Waals surface area contributed by atoms with E-state index >= 15 is 0 Å². The summed E-state index contributed by atoms with van der Waals surface area (Å²) in [7, 11) is 0. The standard InChI is InChI=1S/C31H23N7O2/c1-20-26(29-33-16-17-37(29)19-34-20)30(39)35-21(2)28-36-25-12-6-9-23(14-13-22-8-7-15-32-18-22)27(25)31(40)38(28)24-10-4-3-5-11-24/h3-12,15-19,21H,1-2H3,(H,35,39)/t21-/m0/s1. The predicted octanol–water partition coefficient (Wildman–Crippen LogP) is 4.02. The molecule has 0 aliphatic heterocycles. The number of nitrogens with one attached hydrogen (secondary N) is 1. The molecule has 4 aromatic heterocycles. The largest absolute Gasteiger partial charge is 0.342 e. The van der Waals surface area contributed by atoms with Crippen LogP contribution in [-0.2, 0) is 0 Å². The van der Waals surface area contributed by atoms with Gasteiger partial charge in [0.15, 0.2) is 5.65 Å². The second-order valence-electron chi connectivity index (χ2n) is 9.20. The van der Waals surface area contributed by atoms with Gasteiger partial charge in [0.2, 0.25) is 0 Å². The summed E-state index contributed by atoms with van der Waals surface area (Å²) in [6.07, 6.45) is 8.31. The van der Waals surface area contributed by atoms with Crippen molar-refractivity contribution in [2.75, 3.05) is 0 Å². The summed E-state index contributed by atoms with van der Waals surface area (Å²) in [4.78, 5) is 45.3. The number of nitrogens with zero attached hydrogens (tertiary/aromatic N) is 6. The van der Waals surface area contributed by atoms with Crippen molar-refractivity contribution in [2.24, 2.45) is 0 Å². The van der Waals surface area contributed by atoms with Crippen LogP contribution in [0.15, 0.2) is 96.6 Å². The molecule has 40 heavy (non-hydrogen) atoms. The summed E-state index contributed by atoms with van der Waals surface area (Å²) in [6.45, 7) is 3.56. The molecule has 9 nitrogen and oxygen atoms in total. The van der Waals surface area contributed by atoms with Gasteiger partial charge in [0.1, 0.15) is 17.7 Å². The zero-order valence-corrected chi connectivity index (χ0v) is 21.7. The molecule has 6 rings (SSSR count). The van der Waals surface area contributed by atoms with E-state index in [0.29, 0.717) is 44.9 Å². The maximum atomic E-state index is 14.1. The lowest BCUT2D eigenvalue weighted by atomic mass is 10.1. The monoisotopic (exact) mass is 525 g/mol. The maximum absolute atomic E-state index is 14.1. The number of carbonyl (C=O) groups excluding carboxylic acids is 1. The van der Waals surface area contributed by atoms with Crippen molar-refractivity contribution in [3.05, 3.63) is 130 Å². The Morgan fingerprint density at radius 2 is 1.82 bits per heavy atom. The molecule has 9 heteroatoms. The summed E-state index contributed by atoms with van der Waals surface area (Å²) in [5, 5.41) is 3.40. The average Bonchev–Trinajstić information content (AvgIpc) is 3.45. The molecule has 0 spiro atoms. The van der Waals surface area contributed by atoms with Gasteiger partial charge < -0.3 is 5.32 Å². The van der Waals surface area contributed by atoms with Crippen molar-refractivity contribution in [3.8, 4) is 17.5 Å². The molecule has 1 atom stereocenters. The van der Waals surface area contributed by atoms with Gasteiger partial charge in [-0.1, -0.05) is 36.1 Å². The summed E-state index contributed by atoms with van der Waals surface area (Å²) >= 11 is 0. The van der Waals surface area contributed by atoms with E-state index in [1.807, 2.05) is 48.5 Å². The highest BCUT2D eigenvalue weighted by atomic mass is 16.2. The number of para-hydroxylation sites is 1. The minimum absolute atomic E-state index is 0.281. The van der Waals surface area contributed by atoms with Gasteiger partial charge in [-0.05, 0) is 50.2 Å². The van der Waals surface area contributed by atoms with Crippen LogP contribution < -0.4 is 10.9 Å². The van der Waals surface area contributed by atoms with Crippen LogP contribution >= 0.6 is 0 Å². The third kappa shape index (κ3) is 4.48. The highest BCUT2D eigenvalue weighted by Crippen LogP contribution is 2.21. The number of aromatic nitrogens is 6. The average molecular weight is 526 g/mol. The van der Waals surface area contributed by atoms with Crippen LogP contribution in [0.3, 0.4) is 0 Å². The Hall–Kier alpha value is -5.62. The number of amides is 1. The van der Waals surface area contributed by atoms with Gasteiger partial charge in [-0.25, -0.2) is 15.0 Å². The van der Waals surface area contributed by atoms with Crippen molar-refractivity contribution >= 4 is 22.5 Å². The zero-order valence-electron chi connectivity index (χ0n) is 21.7. The van der Waals surface area contributed by atoms with Gasteiger partial charge in [0.25, 0.3) is 11.5 Å². The number of aryl methyl sites for hydroxylation is 1. The van der Waals surface area contributed by atoms with Gasteiger partial charge in [-0.3, -0.25) is 23.5 Å². The van der Waals surface area contributed by atoms with Crippen molar-refractivity contribution in [3.63, 3.8) is 0 Å². The van der Waals surface area contributed by atoms with Crippen LogP contribution in [0.4, 0.5) is 0 Å². The van der Waals surface area contributed by atoms with E-state index in [1.54, 1.807) is 61.5 Å². The fourth-order valence-electron chi connectivity index (χ4n) is 4.62. The molecule has 1 amide bonds. The van der Waals surface area contributed by atoms with E-state index < -0.39 is 6.04 Å². The molecule has 2 aromatic carbocycles. The Morgan fingerprint density at radius 3 is 2.62 bits per heavy atom. The number of pyridine rings is 1. The Labute approximate surface area is 229 Å². The highest BCUT2D eigenvalue weighted by Gasteiger charge is 2.23. The van der Waals surface area contributed by atoms with Gasteiger partial charge in [0.05, 0.1) is 28.3 Å². The Balaban J connectivity index is 1.48. The number of hydrogen-bond donors (Lipinski definition) is 1. The third-order valence-corrected chi connectivity index (χ3v) is 6.53. The number of benzene rings is 2. The summed E-state index contributed by atoms with van der Waals surface area (Å²) in [5.41, 5.74) is 3.53. The SMILES string of the molecule is Cc1ncn2ccnc2c1C(=O)N[C@@H](C)c1nc2cccc(C#Cc3cccnc3)c2c(=O)n1-c1ccccc1. The molecule has 194 valence electrons. The quantitative estimate of drug-likeness (QED) is 0.349. The van der Waals surface area contributed by atoms with Crippen molar-refractivity contribution in [2.45, 2.75) is 19.9 Å². The molecule has 0 fully saturated rings. The molecule has 0 radical (unpaired) electrons. The fourth-order valence-corrected chi connectivity index (χ4v) is 4.62. The third-order valence-electron chi connectivity index (χ3n) is 6.53. The molecule has 0 aliphatic carbocycles. The maximum Gasteiger partial charge on any atom is 0.267 e. The molecule has 0 saturated carbocycles. The van der Waals surface area contributed by atoms with Crippen LogP contribution in [0.25, 0.3) is 22.2 Å². The lowest BCUT2D eigenvalue weighted by Crippen LogP contribution is -2.34. The summed E-state index contributed by atoms with van der Waals surface area (Å²) in [5.74, 6) is 6.22. The first kappa shape index (κ1) is 24.7. The molecule has 0 unspecified atom stereocenters. The molecule has 0 aliphatic rings. The number of carbonyl (C=O) groups is 1. The Morgan fingerprint density at radius 1 is 0.975 bits per heavy atom. The van der Waals surface area contributed by atoms with Gasteiger partial charge >= 0.3 is 0 Å². The van der Waals surface area contributed by atoms with E-state index in [0.717, 1.165) is 5.56 Å². The van der Waals surface area contributed by atoms with Gasteiger partial charge in [-0.2, -0.15) is 0 Å². The molecule has 6 aromatic rings. The fraction of sp³-hybridized carbons (Fsp3) is 0.0968. The van der Waals surface area contributed by atoms with Crippen LogP contribution in [-0.4, -0.2) is 34.8 Å². The Bertz CT molecular complexity index is 2000. The van der Waals surface area contributed by atoms with Gasteiger partial charge in [-0.15, -0.1) is 0 Å². The van der Waals surface area contributed by atoms with E-state index in [4.69, 9.17) is 4.98 Å². The first-order chi connectivity index (χ1) is 19.5. The van der Waals surface area contributed by atoms with Crippen LogP contribution in [0.2, 0.25) is 0 Å². The number of hydrogen-bond acceptors (Lipinski definition) is 6. The zero-order chi connectivity index (χ0) is 27.6. The first-order valence-electron chi connectivity index (χ1n) is 12.6. The normalized spacial score (nSPS) is 11.7. The smallest absolute Gasteiger partial charge is 0.267 e. The van der Waals surface area contributed by atoms with E-state index in [1.165, 1.54) is 4.57 Å². The molecule has 4 heterocycles. The topological polar surface area (TPSA) is 107 Å². The van der Waals surface area contributed by atoms with Crippen molar-refractivity contribution < 1.29 is 4.79 Å². The van der Waals surface area contributed by atoms with Crippen molar-refractivity contribution in [1.29, 1.82) is 0 Å². The van der Waals surface area contributed by atoms with Crippen LogP contribution in [0.5, 0.6) is 0 Å². The molecule has 0 saturated heterocycles. The number of fused-ring (bicyclic) bond motifs is 2.